The monoisotopic (exact) mass is 150 g/mol. The summed E-state index contributed by atoms with van der Waals surface area (Å²) in [5.74, 6) is 5.45. The summed E-state index contributed by atoms with van der Waals surface area (Å²) in [4.78, 5) is 0. The van der Waals surface area contributed by atoms with Gasteiger partial charge >= 0.3 is 0 Å². The fraction of sp³-hybridized carbons (Fsp3) is 0.400. The summed E-state index contributed by atoms with van der Waals surface area (Å²) in [5.41, 5.74) is 1.11. The first-order valence-corrected chi connectivity index (χ1v) is 3.59. The first kappa shape index (κ1) is 10.0. The van der Waals surface area contributed by atoms with Crippen LogP contribution < -0.4 is 0 Å². The maximum Gasteiger partial charge on any atom is 0.0832 e. The fourth-order valence-corrected chi connectivity index (χ4v) is 0.679. The van der Waals surface area contributed by atoms with E-state index in [0.29, 0.717) is 6.42 Å². The van der Waals surface area contributed by atoms with Gasteiger partial charge in [-0.3, -0.25) is 0 Å². The largest absolute Gasteiger partial charge is 0.388 e. The fourth-order valence-electron chi connectivity index (χ4n) is 0.679. The SMILES string of the molecule is C=CC#CCC(O)C=C(C)C. The zero-order valence-corrected chi connectivity index (χ0v) is 7.09. The number of hydrogen-bond acceptors (Lipinski definition) is 1. The quantitative estimate of drug-likeness (QED) is 0.471. The van der Waals surface area contributed by atoms with Crippen LogP contribution in [0.1, 0.15) is 20.3 Å². The molecular formula is C10H14O. The molecule has 1 nitrogen and oxygen atoms in total. The molecule has 1 N–H and O–H groups in total. The lowest BCUT2D eigenvalue weighted by Crippen LogP contribution is -2.00. The van der Waals surface area contributed by atoms with Crippen LogP contribution in [0.2, 0.25) is 0 Å². The van der Waals surface area contributed by atoms with Gasteiger partial charge < -0.3 is 5.11 Å². The van der Waals surface area contributed by atoms with Gasteiger partial charge in [-0.1, -0.05) is 30.1 Å². The molecule has 0 aromatic rings. The molecule has 0 heterocycles. The Morgan fingerprint density at radius 3 is 2.73 bits per heavy atom. The Bertz CT molecular complexity index is 199. The van der Waals surface area contributed by atoms with Gasteiger partial charge in [0.05, 0.1) is 6.10 Å². The van der Waals surface area contributed by atoms with Gasteiger partial charge in [-0.05, 0) is 19.9 Å². The molecule has 0 radical (unpaired) electrons. The Hall–Kier alpha value is -1.00. The van der Waals surface area contributed by atoms with Crippen molar-refractivity contribution in [3.63, 3.8) is 0 Å². The number of allylic oxidation sites excluding steroid dienone is 2. The van der Waals surface area contributed by atoms with Gasteiger partial charge in [-0.2, -0.15) is 0 Å². The Morgan fingerprint density at radius 2 is 2.27 bits per heavy atom. The minimum Gasteiger partial charge on any atom is -0.388 e. The molecule has 0 aliphatic carbocycles. The van der Waals surface area contributed by atoms with Crippen molar-refractivity contribution < 1.29 is 5.11 Å². The van der Waals surface area contributed by atoms with Crippen LogP contribution in [0.3, 0.4) is 0 Å². The van der Waals surface area contributed by atoms with Crippen molar-refractivity contribution in [1.29, 1.82) is 0 Å². The summed E-state index contributed by atoms with van der Waals surface area (Å²) in [5, 5.41) is 9.23. The molecule has 0 bridgehead atoms. The normalized spacial score (nSPS) is 10.8. The summed E-state index contributed by atoms with van der Waals surface area (Å²) in [7, 11) is 0. The van der Waals surface area contributed by atoms with Crippen molar-refractivity contribution in [3.05, 3.63) is 24.3 Å². The van der Waals surface area contributed by atoms with E-state index < -0.39 is 6.10 Å². The minimum absolute atomic E-state index is 0.438. The number of hydrogen-bond donors (Lipinski definition) is 1. The third-order valence-electron chi connectivity index (χ3n) is 1.04. The van der Waals surface area contributed by atoms with E-state index in [-0.39, 0.29) is 0 Å². The van der Waals surface area contributed by atoms with E-state index in [4.69, 9.17) is 0 Å². The van der Waals surface area contributed by atoms with Crippen molar-refractivity contribution in [2.75, 3.05) is 0 Å². The summed E-state index contributed by atoms with van der Waals surface area (Å²) in [6.45, 7) is 7.34. The molecule has 1 unspecified atom stereocenters. The van der Waals surface area contributed by atoms with Gasteiger partial charge in [0.25, 0.3) is 0 Å². The molecule has 60 valence electrons. The summed E-state index contributed by atoms with van der Waals surface area (Å²) in [6.07, 6.45) is 3.36. The maximum atomic E-state index is 9.23. The molecule has 11 heavy (non-hydrogen) atoms. The highest BCUT2D eigenvalue weighted by Gasteiger charge is 1.94. The van der Waals surface area contributed by atoms with E-state index >= 15 is 0 Å². The zero-order chi connectivity index (χ0) is 8.69. The van der Waals surface area contributed by atoms with Crippen molar-refractivity contribution in [2.24, 2.45) is 0 Å². The average molecular weight is 150 g/mol. The first-order valence-electron chi connectivity index (χ1n) is 3.59. The van der Waals surface area contributed by atoms with Crippen molar-refractivity contribution in [1.82, 2.24) is 0 Å². The van der Waals surface area contributed by atoms with E-state index in [1.54, 1.807) is 6.08 Å². The van der Waals surface area contributed by atoms with Crippen LogP contribution >= 0.6 is 0 Å². The van der Waals surface area contributed by atoms with Crippen LogP contribution in [-0.2, 0) is 0 Å². The van der Waals surface area contributed by atoms with Gasteiger partial charge in [-0.15, -0.1) is 0 Å². The minimum atomic E-state index is -0.438. The van der Waals surface area contributed by atoms with Crippen molar-refractivity contribution >= 4 is 0 Å². The van der Waals surface area contributed by atoms with Crippen LogP contribution in [0.15, 0.2) is 24.3 Å². The summed E-state index contributed by atoms with van der Waals surface area (Å²) in [6, 6.07) is 0. The first-order chi connectivity index (χ1) is 5.16. The van der Waals surface area contributed by atoms with Gasteiger partial charge in [0.1, 0.15) is 0 Å². The molecule has 0 amide bonds. The van der Waals surface area contributed by atoms with E-state index in [1.807, 2.05) is 13.8 Å². The zero-order valence-electron chi connectivity index (χ0n) is 7.09. The third-order valence-corrected chi connectivity index (χ3v) is 1.04. The van der Waals surface area contributed by atoms with Crippen LogP contribution in [0.4, 0.5) is 0 Å². The molecule has 0 spiro atoms. The van der Waals surface area contributed by atoms with Crippen molar-refractivity contribution in [3.8, 4) is 11.8 Å². The number of aliphatic hydroxyl groups is 1. The third kappa shape index (κ3) is 6.89. The lowest BCUT2D eigenvalue weighted by Gasteiger charge is -1.98. The molecule has 0 aliphatic heterocycles. The van der Waals surface area contributed by atoms with Gasteiger partial charge in [0.2, 0.25) is 0 Å². The predicted octanol–water partition coefficient (Wildman–Crippen LogP) is 1.89. The Kier molecular flexibility index (Phi) is 5.24. The van der Waals surface area contributed by atoms with Crippen LogP contribution in [0, 0.1) is 11.8 Å². The second kappa shape index (κ2) is 5.76. The predicted molar refractivity (Wildman–Crippen MR) is 48.0 cm³/mol. The Morgan fingerprint density at radius 1 is 1.64 bits per heavy atom. The number of rotatable bonds is 2. The van der Waals surface area contributed by atoms with Crippen LogP contribution in [0.25, 0.3) is 0 Å². The molecule has 0 rings (SSSR count). The molecule has 0 aliphatic rings. The second-order valence-corrected chi connectivity index (χ2v) is 2.54. The Labute approximate surface area is 68.4 Å². The molecular weight excluding hydrogens is 136 g/mol. The smallest absolute Gasteiger partial charge is 0.0832 e. The highest BCUT2D eigenvalue weighted by molar-refractivity contribution is 5.14. The van der Waals surface area contributed by atoms with Crippen LogP contribution in [-0.4, -0.2) is 11.2 Å². The second-order valence-electron chi connectivity index (χ2n) is 2.54. The van der Waals surface area contributed by atoms with Crippen LogP contribution in [0.5, 0.6) is 0 Å². The number of aliphatic hydroxyl groups excluding tert-OH is 1. The maximum absolute atomic E-state index is 9.23. The molecule has 0 aromatic heterocycles. The van der Waals surface area contributed by atoms with E-state index in [0.717, 1.165) is 5.57 Å². The van der Waals surface area contributed by atoms with E-state index in [9.17, 15) is 5.11 Å². The molecule has 0 saturated heterocycles. The average Bonchev–Trinajstić information content (AvgIpc) is 1.86. The van der Waals surface area contributed by atoms with Gasteiger partial charge in [-0.25, -0.2) is 0 Å². The summed E-state index contributed by atoms with van der Waals surface area (Å²) >= 11 is 0. The molecule has 0 saturated carbocycles. The van der Waals surface area contributed by atoms with E-state index in [1.165, 1.54) is 6.08 Å². The molecule has 0 aromatic carbocycles. The highest BCUT2D eigenvalue weighted by atomic mass is 16.3. The molecule has 1 heteroatoms. The van der Waals surface area contributed by atoms with Gasteiger partial charge in [0.15, 0.2) is 0 Å². The summed E-state index contributed by atoms with van der Waals surface area (Å²) < 4.78 is 0. The van der Waals surface area contributed by atoms with E-state index in [2.05, 4.69) is 18.4 Å². The highest BCUT2D eigenvalue weighted by Crippen LogP contribution is 1.97. The van der Waals surface area contributed by atoms with Crippen molar-refractivity contribution in [2.45, 2.75) is 26.4 Å². The standard InChI is InChI=1S/C10H14O/c1-4-5-6-7-10(11)8-9(2)3/h4,8,10-11H,1,7H2,2-3H3. The molecule has 1 atom stereocenters. The Balaban J connectivity index is 3.78. The lowest BCUT2D eigenvalue weighted by atomic mass is 10.2. The topological polar surface area (TPSA) is 20.2 Å². The van der Waals surface area contributed by atoms with Gasteiger partial charge in [0, 0.05) is 6.42 Å². The lowest BCUT2D eigenvalue weighted by molar-refractivity contribution is 0.228. The molecule has 0 fully saturated rings.